The molecule has 0 saturated carbocycles. The number of hydrogen-bond acceptors (Lipinski definition) is 7. The van der Waals surface area contributed by atoms with Crippen molar-refractivity contribution in [3.05, 3.63) is 69.3 Å². The van der Waals surface area contributed by atoms with Crippen LogP contribution in [0.2, 0.25) is 0 Å². The SMILES string of the molecule is CC1=C(CCC(=O)O)c2cc3nc(cc4[nH]c(cc5[nH]c(cc1n2)c(C)c5C(C)O)c(C)c4C(C)O)C(C)=C3CCC(=O)O.O=P(O)(O)O. The molecular formula is C34H41N4O10P. The van der Waals surface area contributed by atoms with Crippen molar-refractivity contribution in [3.8, 4) is 0 Å². The molecule has 0 spiro atoms. The summed E-state index contributed by atoms with van der Waals surface area (Å²) in [4.78, 5) is 61.4. The number of aromatic amines is 2. The standard InChI is InChI=1S/C34H38N4O6.H3O4P/c1-15-21(7-9-31(41)42)27-14-28-22(8-10-32(43)44)16(2)24(36-28)12-29-34(20(6)40)18(4)26(38-29)13-30-33(19(5)39)17(3)25(37-30)11-23(15)35-27;1-5(2,3)4/h11-14,19-20,37-40H,7-10H2,1-6H3,(H,41,42)(H,43,44);(H3,1,2,3,4). The first-order chi connectivity index (χ1) is 22.8. The van der Waals surface area contributed by atoms with Crippen molar-refractivity contribution in [2.24, 2.45) is 0 Å². The number of aliphatic hydroxyl groups is 2. The number of rotatable bonds is 8. The lowest BCUT2D eigenvalue weighted by atomic mass is 9.98. The Morgan fingerprint density at radius 3 is 1.37 bits per heavy atom. The van der Waals surface area contributed by atoms with Crippen LogP contribution < -0.4 is 0 Å². The summed E-state index contributed by atoms with van der Waals surface area (Å²) < 4.78 is 8.88. The Morgan fingerprint density at radius 2 is 1.00 bits per heavy atom. The van der Waals surface area contributed by atoms with E-state index in [-0.39, 0.29) is 25.7 Å². The van der Waals surface area contributed by atoms with Gasteiger partial charge in [0.2, 0.25) is 0 Å². The maximum Gasteiger partial charge on any atom is 0.466 e. The topological polar surface area (TPSA) is 250 Å². The Hall–Kier alpha value is -4.43. The highest BCUT2D eigenvalue weighted by Gasteiger charge is 2.23. The number of aliphatic carboxylic acids is 2. The molecule has 5 heterocycles. The van der Waals surface area contributed by atoms with Gasteiger partial charge in [-0.1, -0.05) is 0 Å². The smallest absolute Gasteiger partial charge is 0.466 e. The molecule has 0 aliphatic carbocycles. The Kier molecular flexibility index (Phi) is 11.1. The Morgan fingerprint density at radius 1 is 0.653 bits per heavy atom. The lowest BCUT2D eigenvalue weighted by Gasteiger charge is -2.05. The van der Waals surface area contributed by atoms with Crippen molar-refractivity contribution < 1.29 is 49.3 Å². The summed E-state index contributed by atoms with van der Waals surface area (Å²) in [7, 11) is -4.64. The van der Waals surface area contributed by atoms with Crippen LogP contribution in [0.5, 0.6) is 0 Å². The minimum Gasteiger partial charge on any atom is -0.481 e. The molecule has 15 heteroatoms. The van der Waals surface area contributed by atoms with E-state index in [9.17, 15) is 30.0 Å². The zero-order valence-electron chi connectivity index (χ0n) is 28.0. The van der Waals surface area contributed by atoms with Gasteiger partial charge in [0.15, 0.2) is 0 Å². The number of carbonyl (C=O) groups is 2. The van der Waals surface area contributed by atoms with Crippen LogP contribution in [0, 0.1) is 13.8 Å². The minimum atomic E-state index is -4.64. The van der Waals surface area contributed by atoms with Crippen LogP contribution >= 0.6 is 7.82 Å². The predicted molar refractivity (Wildman–Crippen MR) is 185 cm³/mol. The first-order valence-electron chi connectivity index (χ1n) is 15.5. The maximum absolute atomic E-state index is 11.6. The van der Waals surface area contributed by atoms with Gasteiger partial charge in [-0.2, -0.15) is 0 Å². The number of aliphatic hydroxyl groups excluding tert-OH is 2. The fourth-order valence-electron chi connectivity index (χ4n) is 6.32. The average molecular weight is 697 g/mol. The fourth-order valence-corrected chi connectivity index (χ4v) is 6.32. The van der Waals surface area contributed by atoms with E-state index in [4.69, 9.17) is 29.2 Å². The van der Waals surface area contributed by atoms with E-state index >= 15 is 0 Å². The van der Waals surface area contributed by atoms with Gasteiger partial charge in [0, 0.05) is 46.0 Å². The van der Waals surface area contributed by atoms with E-state index in [1.54, 1.807) is 13.8 Å². The molecule has 2 unspecified atom stereocenters. The Labute approximate surface area is 281 Å². The number of hydrogen-bond donors (Lipinski definition) is 9. The summed E-state index contributed by atoms with van der Waals surface area (Å²) in [5, 5.41) is 40.5. The number of allylic oxidation sites excluding steroid dienone is 4. The lowest BCUT2D eigenvalue weighted by Crippen LogP contribution is -1.97. The molecule has 2 aliphatic heterocycles. The van der Waals surface area contributed by atoms with Gasteiger partial charge in [-0.05, 0) is 112 Å². The van der Waals surface area contributed by atoms with Gasteiger partial charge in [-0.3, -0.25) is 9.59 Å². The molecule has 3 aromatic rings. The second-order valence-electron chi connectivity index (χ2n) is 12.2. The van der Waals surface area contributed by atoms with Crippen molar-refractivity contribution >= 4 is 64.1 Å². The normalized spacial score (nSPS) is 14.4. The lowest BCUT2D eigenvalue weighted by molar-refractivity contribution is -0.137. The van der Waals surface area contributed by atoms with Gasteiger partial charge < -0.3 is 45.1 Å². The monoisotopic (exact) mass is 696 g/mol. The largest absolute Gasteiger partial charge is 0.481 e. The second kappa shape index (κ2) is 14.6. The number of carboxylic acid groups (broad SMARTS) is 2. The van der Waals surface area contributed by atoms with Gasteiger partial charge in [0.1, 0.15) is 0 Å². The number of fused-ring (bicyclic) bond motifs is 8. The van der Waals surface area contributed by atoms with Crippen molar-refractivity contribution in [2.75, 3.05) is 0 Å². The third-order valence-corrected chi connectivity index (χ3v) is 8.65. The van der Waals surface area contributed by atoms with E-state index in [0.29, 0.717) is 39.4 Å². The van der Waals surface area contributed by atoms with Crippen LogP contribution in [0.25, 0.3) is 44.4 Å². The van der Waals surface area contributed by atoms with Crippen molar-refractivity contribution in [1.82, 2.24) is 19.9 Å². The van der Waals surface area contributed by atoms with Crippen LogP contribution in [-0.2, 0) is 14.2 Å². The summed E-state index contributed by atoms with van der Waals surface area (Å²) in [5.41, 5.74) is 11.7. The average Bonchev–Trinajstić information content (AvgIpc) is 3.63. The molecule has 8 bridgehead atoms. The molecule has 0 radical (unpaired) electrons. The molecule has 3 aromatic heterocycles. The molecule has 0 fully saturated rings. The quantitative estimate of drug-likeness (QED) is 0.129. The third kappa shape index (κ3) is 8.60. The van der Waals surface area contributed by atoms with Gasteiger partial charge >= 0.3 is 19.8 Å². The molecule has 14 nitrogen and oxygen atoms in total. The van der Waals surface area contributed by atoms with E-state index in [2.05, 4.69) is 9.97 Å². The molecule has 0 saturated heterocycles. The van der Waals surface area contributed by atoms with E-state index in [0.717, 1.165) is 50.0 Å². The van der Waals surface area contributed by atoms with Crippen LogP contribution in [0.3, 0.4) is 0 Å². The Bertz CT molecular complexity index is 2090. The third-order valence-electron chi connectivity index (χ3n) is 8.65. The number of H-pyrrole nitrogens is 2. The molecule has 262 valence electrons. The minimum absolute atomic E-state index is 0.0750. The molecule has 49 heavy (non-hydrogen) atoms. The first-order valence-corrected chi connectivity index (χ1v) is 17.1. The Balaban J connectivity index is 0.00000101. The molecule has 0 aromatic carbocycles. The van der Waals surface area contributed by atoms with E-state index in [1.807, 2.05) is 52.0 Å². The maximum atomic E-state index is 11.6. The number of nitrogens with zero attached hydrogens (tertiary/aromatic N) is 2. The van der Waals surface area contributed by atoms with E-state index in [1.165, 1.54) is 0 Å². The molecule has 5 rings (SSSR count). The summed E-state index contributed by atoms with van der Waals surface area (Å²) in [6.45, 7) is 11.1. The molecular weight excluding hydrogens is 655 g/mol. The molecule has 2 aliphatic rings. The van der Waals surface area contributed by atoms with Crippen LogP contribution in [0.4, 0.5) is 0 Å². The number of aromatic nitrogens is 4. The number of carboxylic acids is 2. The van der Waals surface area contributed by atoms with Crippen LogP contribution in [0.1, 0.15) is 111 Å². The van der Waals surface area contributed by atoms with Gasteiger partial charge in [-0.15, -0.1) is 0 Å². The van der Waals surface area contributed by atoms with Crippen LogP contribution in [-0.4, -0.2) is 67.0 Å². The summed E-state index contributed by atoms with van der Waals surface area (Å²) >= 11 is 0. The van der Waals surface area contributed by atoms with Crippen LogP contribution in [0.15, 0.2) is 24.3 Å². The number of aryl methyl sites for hydroxylation is 2. The zero-order chi connectivity index (χ0) is 36.5. The highest BCUT2D eigenvalue weighted by Crippen LogP contribution is 2.39. The molecule has 2 atom stereocenters. The van der Waals surface area contributed by atoms with Gasteiger partial charge in [0.25, 0.3) is 0 Å². The van der Waals surface area contributed by atoms with Gasteiger partial charge in [0.05, 0.1) is 35.0 Å². The van der Waals surface area contributed by atoms with E-state index < -0.39 is 32.0 Å². The molecule has 9 N–H and O–H groups in total. The van der Waals surface area contributed by atoms with Crippen molar-refractivity contribution in [3.63, 3.8) is 0 Å². The first kappa shape index (κ1) is 37.4. The summed E-state index contributed by atoms with van der Waals surface area (Å²) in [6, 6.07) is 7.51. The fraction of sp³-hybridized carbons (Fsp3) is 0.353. The predicted octanol–water partition coefficient (Wildman–Crippen LogP) is 5.70. The summed E-state index contributed by atoms with van der Waals surface area (Å²) in [5.74, 6) is -1.84. The molecule has 0 amide bonds. The van der Waals surface area contributed by atoms with Gasteiger partial charge in [-0.25, -0.2) is 14.5 Å². The zero-order valence-corrected chi connectivity index (χ0v) is 28.9. The second-order valence-corrected chi connectivity index (χ2v) is 13.2. The van der Waals surface area contributed by atoms with Crippen molar-refractivity contribution in [1.29, 1.82) is 0 Å². The number of phosphoric acid groups is 1. The highest BCUT2D eigenvalue weighted by atomic mass is 31.2. The highest BCUT2D eigenvalue weighted by molar-refractivity contribution is 7.45. The summed E-state index contributed by atoms with van der Waals surface area (Å²) in [6.07, 6.45) is -1.18. The van der Waals surface area contributed by atoms with Crippen molar-refractivity contribution in [2.45, 2.75) is 79.4 Å². The number of nitrogens with one attached hydrogen (secondary N) is 2.